The van der Waals surface area contributed by atoms with Crippen molar-refractivity contribution in [2.24, 2.45) is 5.73 Å². The van der Waals surface area contributed by atoms with Gasteiger partial charge < -0.3 is 10.5 Å². The smallest absolute Gasteiger partial charge is 0.243 e. The van der Waals surface area contributed by atoms with E-state index in [0.29, 0.717) is 24.6 Å². The normalized spacial score (nSPS) is 26.7. The summed E-state index contributed by atoms with van der Waals surface area (Å²) in [7, 11) is -3.43. The molecular formula is C15H22N2O3S. The molecule has 1 aromatic carbocycles. The molecule has 0 amide bonds. The summed E-state index contributed by atoms with van der Waals surface area (Å²) in [6.45, 7) is 1.51. The van der Waals surface area contributed by atoms with Gasteiger partial charge in [0.1, 0.15) is 0 Å². The molecule has 2 aliphatic rings. The maximum Gasteiger partial charge on any atom is 0.243 e. The van der Waals surface area contributed by atoms with Crippen LogP contribution in [0.25, 0.3) is 0 Å². The molecule has 1 aliphatic carbocycles. The van der Waals surface area contributed by atoms with Gasteiger partial charge in [-0.2, -0.15) is 4.31 Å². The number of nitrogens with two attached hydrogens (primary N) is 1. The Labute approximate surface area is 126 Å². The average Bonchev–Trinajstić information content (AvgIpc) is 2.96. The van der Waals surface area contributed by atoms with Crippen LogP contribution in [0.15, 0.2) is 29.2 Å². The van der Waals surface area contributed by atoms with Crippen LogP contribution in [-0.4, -0.2) is 44.6 Å². The summed E-state index contributed by atoms with van der Waals surface area (Å²) in [5.41, 5.74) is 6.59. The molecule has 2 fully saturated rings. The third-order valence-corrected chi connectivity index (χ3v) is 6.33. The van der Waals surface area contributed by atoms with Crippen LogP contribution in [0.3, 0.4) is 0 Å². The summed E-state index contributed by atoms with van der Waals surface area (Å²) in [5, 5.41) is 0. The standard InChI is InChI=1S/C15H22N2O3S/c16-9-8-12-4-6-13(7-5-12)21(18,19)17-10-11-20-15-3-1-2-14(15)17/h4-7,14-15H,1-3,8-11,16H2. The van der Waals surface area contributed by atoms with E-state index in [4.69, 9.17) is 10.5 Å². The minimum Gasteiger partial charge on any atom is -0.375 e. The molecule has 6 heteroatoms. The first-order valence-electron chi connectivity index (χ1n) is 7.55. The number of fused-ring (bicyclic) bond motifs is 1. The van der Waals surface area contributed by atoms with E-state index in [2.05, 4.69) is 0 Å². The Morgan fingerprint density at radius 1 is 1.24 bits per heavy atom. The molecule has 3 rings (SSSR count). The summed E-state index contributed by atoms with van der Waals surface area (Å²) in [6, 6.07) is 7.10. The lowest BCUT2D eigenvalue weighted by atomic mass is 10.2. The van der Waals surface area contributed by atoms with E-state index in [0.717, 1.165) is 31.2 Å². The van der Waals surface area contributed by atoms with Gasteiger partial charge in [0.05, 0.1) is 23.6 Å². The first-order valence-corrected chi connectivity index (χ1v) is 8.99. The molecule has 1 aliphatic heterocycles. The molecule has 1 saturated carbocycles. The van der Waals surface area contributed by atoms with Crippen LogP contribution < -0.4 is 5.73 Å². The van der Waals surface area contributed by atoms with Crippen LogP contribution in [0, 0.1) is 0 Å². The van der Waals surface area contributed by atoms with Crippen molar-refractivity contribution in [2.45, 2.75) is 42.7 Å². The highest BCUT2D eigenvalue weighted by atomic mass is 32.2. The van der Waals surface area contributed by atoms with Gasteiger partial charge in [-0.3, -0.25) is 0 Å². The zero-order valence-corrected chi connectivity index (χ0v) is 12.9. The first-order chi connectivity index (χ1) is 10.1. The molecule has 5 nitrogen and oxygen atoms in total. The molecule has 1 aromatic rings. The molecule has 1 saturated heterocycles. The lowest BCUT2D eigenvalue weighted by Gasteiger charge is -2.36. The Kier molecular flexibility index (Phi) is 4.31. The highest BCUT2D eigenvalue weighted by Crippen LogP contribution is 2.33. The number of morpholine rings is 1. The van der Waals surface area contributed by atoms with Gasteiger partial charge in [0.15, 0.2) is 0 Å². The average molecular weight is 310 g/mol. The van der Waals surface area contributed by atoms with E-state index in [1.807, 2.05) is 12.1 Å². The second kappa shape index (κ2) is 6.04. The van der Waals surface area contributed by atoms with Crippen LogP contribution in [-0.2, 0) is 21.2 Å². The zero-order chi connectivity index (χ0) is 14.9. The Hall–Kier alpha value is -0.950. The van der Waals surface area contributed by atoms with E-state index in [-0.39, 0.29) is 12.1 Å². The summed E-state index contributed by atoms with van der Waals surface area (Å²) in [6.07, 6.45) is 3.74. The van der Waals surface area contributed by atoms with Crippen molar-refractivity contribution in [1.82, 2.24) is 4.31 Å². The highest BCUT2D eigenvalue weighted by Gasteiger charge is 2.42. The van der Waals surface area contributed by atoms with Crippen molar-refractivity contribution in [3.8, 4) is 0 Å². The fourth-order valence-electron chi connectivity index (χ4n) is 3.32. The minimum atomic E-state index is -3.43. The fourth-order valence-corrected chi connectivity index (χ4v) is 4.98. The zero-order valence-electron chi connectivity index (χ0n) is 12.1. The summed E-state index contributed by atoms with van der Waals surface area (Å²) in [4.78, 5) is 0.371. The number of rotatable bonds is 4. The maximum absolute atomic E-state index is 12.8. The van der Waals surface area contributed by atoms with Crippen molar-refractivity contribution in [3.63, 3.8) is 0 Å². The number of hydrogen-bond donors (Lipinski definition) is 1. The summed E-state index contributed by atoms with van der Waals surface area (Å²) in [5.74, 6) is 0. The van der Waals surface area contributed by atoms with Crippen molar-refractivity contribution in [3.05, 3.63) is 29.8 Å². The first kappa shape index (κ1) is 15.0. The monoisotopic (exact) mass is 310 g/mol. The van der Waals surface area contributed by atoms with E-state index in [1.165, 1.54) is 0 Å². The number of hydrogen-bond acceptors (Lipinski definition) is 4. The third kappa shape index (κ3) is 2.85. The summed E-state index contributed by atoms with van der Waals surface area (Å²) < 4.78 is 33.0. The highest BCUT2D eigenvalue weighted by molar-refractivity contribution is 7.89. The molecular weight excluding hydrogens is 288 g/mol. The third-order valence-electron chi connectivity index (χ3n) is 4.39. The quantitative estimate of drug-likeness (QED) is 0.905. The van der Waals surface area contributed by atoms with Gasteiger partial charge >= 0.3 is 0 Å². The van der Waals surface area contributed by atoms with Gasteiger partial charge in [-0.15, -0.1) is 0 Å². The lowest BCUT2D eigenvalue weighted by molar-refractivity contribution is -0.0241. The predicted octanol–water partition coefficient (Wildman–Crippen LogP) is 1.13. The lowest BCUT2D eigenvalue weighted by Crippen LogP contribution is -2.51. The molecule has 1 heterocycles. The molecule has 2 N–H and O–H groups in total. The molecule has 0 spiro atoms. The number of nitrogens with zero attached hydrogens (tertiary/aromatic N) is 1. The molecule has 116 valence electrons. The van der Waals surface area contributed by atoms with Crippen LogP contribution in [0.2, 0.25) is 0 Å². The van der Waals surface area contributed by atoms with Gasteiger partial charge in [-0.05, 0) is 49.9 Å². The van der Waals surface area contributed by atoms with Crippen molar-refractivity contribution < 1.29 is 13.2 Å². The number of sulfonamides is 1. The van der Waals surface area contributed by atoms with Gasteiger partial charge in [0.25, 0.3) is 0 Å². The Morgan fingerprint density at radius 2 is 2.00 bits per heavy atom. The molecule has 2 atom stereocenters. The largest absolute Gasteiger partial charge is 0.375 e. The van der Waals surface area contributed by atoms with Gasteiger partial charge in [-0.1, -0.05) is 12.1 Å². The Balaban J connectivity index is 1.85. The van der Waals surface area contributed by atoms with Gasteiger partial charge in [-0.25, -0.2) is 8.42 Å². The number of ether oxygens (including phenoxy) is 1. The number of benzene rings is 1. The van der Waals surface area contributed by atoms with E-state index >= 15 is 0 Å². The maximum atomic E-state index is 12.8. The van der Waals surface area contributed by atoms with Crippen LogP contribution in [0.5, 0.6) is 0 Å². The minimum absolute atomic E-state index is 0.00692. The van der Waals surface area contributed by atoms with Crippen molar-refractivity contribution >= 4 is 10.0 Å². The van der Waals surface area contributed by atoms with Gasteiger partial charge in [0.2, 0.25) is 10.0 Å². The Bertz CT molecular complexity index is 585. The molecule has 0 aromatic heterocycles. The van der Waals surface area contributed by atoms with Crippen LogP contribution in [0.1, 0.15) is 24.8 Å². The van der Waals surface area contributed by atoms with Crippen LogP contribution in [0.4, 0.5) is 0 Å². The predicted molar refractivity (Wildman–Crippen MR) is 80.5 cm³/mol. The Morgan fingerprint density at radius 3 is 2.71 bits per heavy atom. The SMILES string of the molecule is NCCc1ccc(S(=O)(=O)N2CCOC3CCCC32)cc1. The second-order valence-electron chi connectivity index (χ2n) is 5.71. The second-order valence-corrected chi connectivity index (χ2v) is 7.60. The topological polar surface area (TPSA) is 72.6 Å². The van der Waals surface area contributed by atoms with Crippen LogP contribution >= 0.6 is 0 Å². The molecule has 0 radical (unpaired) electrons. The van der Waals surface area contributed by atoms with E-state index < -0.39 is 10.0 Å². The molecule has 21 heavy (non-hydrogen) atoms. The van der Waals surface area contributed by atoms with Crippen molar-refractivity contribution in [2.75, 3.05) is 19.7 Å². The van der Waals surface area contributed by atoms with Crippen molar-refractivity contribution in [1.29, 1.82) is 0 Å². The van der Waals surface area contributed by atoms with E-state index in [1.54, 1.807) is 16.4 Å². The van der Waals surface area contributed by atoms with Gasteiger partial charge in [0, 0.05) is 6.54 Å². The van der Waals surface area contributed by atoms with E-state index in [9.17, 15) is 8.42 Å². The molecule has 0 bridgehead atoms. The fraction of sp³-hybridized carbons (Fsp3) is 0.600. The summed E-state index contributed by atoms with van der Waals surface area (Å²) >= 11 is 0. The molecule has 2 unspecified atom stereocenters.